The molecule has 23 heavy (non-hydrogen) atoms. The van der Waals surface area contributed by atoms with Gasteiger partial charge in [-0.2, -0.15) is 0 Å². The molecule has 1 aliphatic rings. The lowest BCUT2D eigenvalue weighted by atomic mass is 10.1. The molecular weight excluding hydrogens is 360 g/mol. The van der Waals surface area contributed by atoms with Gasteiger partial charge in [0.25, 0.3) is 0 Å². The highest BCUT2D eigenvalue weighted by Crippen LogP contribution is 2.22. The summed E-state index contributed by atoms with van der Waals surface area (Å²) in [7, 11) is 3.47. The summed E-state index contributed by atoms with van der Waals surface area (Å²) in [5.41, 5.74) is 1.04. The van der Waals surface area contributed by atoms with Crippen LogP contribution in [0.15, 0.2) is 28.7 Å². The van der Waals surface area contributed by atoms with E-state index in [0.717, 1.165) is 10.0 Å². The third kappa shape index (κ3) is 4.37. The molecule has 1 atom stereocenters. The van der Waals surface area contributed by atoms with E-state index in [4.69, 9.17) is 0 Å². The number of piperazine rings is 1. The molecule has 0 aliphatic carbocycles. The maximum atomic E-state index is 12.4. The van der Waals surface area contributed by atoms with Crippen LogP contribution in [0.5, 0.6) is 0 Å². The van der Waals surface area contributed by atoms with Gasteiger partial charge in [0.05, 0.1) is 6.04 Å². The Kier molecular flexibility index (Phi) is 5.87. The fraction of sp³-hybridized carbons (Fsp3) is 0.500. The number of carbonyl (C=O) groups is 2. The highest BCUT2D eigenvalue weighted by molar-refractivity contribution is 9.10. The molecule has 2 rings (SSSR count). The van der Waals surface area contributed by atoms with Crippen molar-refractivity contribution in [1.82, 2.24) is 20.0 Å². The zero-order chi connectivity index (χ0) is 17.0. The first kappa shape index (κ1) is 17.6. The van der Waals surface area contributed by atoms with Gasteiger partial charge in [0.2, 0.25) is 0 Å². The van der Waals surface area contributed by atoms with Crippen LogP contribution in [0.3, 0.4) is 0 Å². The molecule has 1 aromatic carbocycles. The van der Waals surface area contributed by atoms with Crippen molar-refractivity contribution in [3.05, 3.63) is 34.3 Å². The Balaban J connectivity index is 1.88. The van der Waals surface area contributed by atoms with Gasteiger partial charge in [0.1, 0.15) is 0 Å². The highest BCUT2D eigenvalue weighted by Gasteiger charge is 2.25. The molecule has 1 aromatic rings. The van der Waals surface area contributed by atoms with Crippen LogP contribution in [0.1, 0.15) is 18.5 Å². The summed E-state index contributed by atoms with van der Waals surface area (Å²) in [5, 5.41) is 3.02. The van der Waals surface area contributed by atoms with E-state index in [2.05, 4.69) is 21.2 Å². The average molecular weight is 383 g/mol. The molecule has 126 valence electrons. The molecule has 1 N–H and O–H groups in total. The van der Waals surface area contributed by atoms with Crippen molar-refractivity contribution in [2.75, 3.05) is 40.3 Å². The molecule has 1 aliphatic heterocycles. The summed E-state index contributed by atoms with van der Waals surface area (Å²) >= 11 is 3.51. The minimum atomic E-state index is -0.0924. The quantitative estimate of drug-likeness (QED) is 0.854. The Morgan fingerprint density at radius 1 is 1.13 bits per heavy atom. The number of nitrogens with zero attached hydrogens (tertiary/aromatic N) is 3. The number of benzene rings is 1. The SMILES string of the molecule is CC(NC(=O)N1CCN(C(=O)N(C)C)CC1)c1ccccc1Br. The van der Waals surface area contributed by atoms with E-state index in [1.807, 2.05) is 31.2 Å². The Hall–Kier alpha value is -1.76. The van der Waals surface area contributed by atoms with Crippen molar-refractivity contribution >= 4 is 28.0 Å². The van der Waals surface area contributed by atoms with Crippen molar-refractivity contribution in [2.24, 2.45) is 0 Å². The lowest BCUT2D eigenvalue weighted by Gasteiger charge is -2.36. The van der Waals surface area contributed by atoms with Gasteiger partial charge >= 0.3 is 12.1 Å². The van der Waals surface area contributed by atoms with Crippen molar-refractivity contribution in [2.45, 2.75) is 13.0 Å². The molecular formula is C16H23BrN4O2. The fourth-order valence-electron chi connectivity index (χ4n) is 2.56. The first-order chi connectivity index (χ1) is 10.9. The van der Waals surface area contributed by atoms with Crippen LogP contribution in [0.2, 0.25) is 0 Å². The highest BCUT2D eigenvalue weighted by atomic mass is 79.9. The van der Waals surface area contributed by atoms with Gasteiger partial charge in [-0.1, -0.05) is 34.1 Å². The fourth-order valence-corrected chi connectivity index (χ4v) is 3.19. The summed E-state index contributed by atoms with van der Waals surface area (Å²) < 4.78 is 0.981. The number of urea groups is 2. The molecule has 6 nitrogen and oxygen atoms in total. The largest absolute Gasteiger partial charge is 0.331 e. The number of hydrogen-bond donors (Lipinski definition) is 1. The molecule has 0 aromatic heterocycles. The molecule has 1 heterocycles. The summed E-state index contributed by atoms with van der Waals surface area (Å²) in [5.74, 6) is 0. The zero-order valence-electron chi connectivity index (χ0n) is 13.8. The van der Waals surface area contributed by atoms with E-state index in [1.54, 1.807) is 28.8 Å². The molecule has 4 amide bonds. The van der Waals surface area contributed by atoms with Crippen LogP contribution in [-0.4, -0.2) is 67.0 Å². The lowest BCUT2D eigenvalue weighted by molar-refractivity contribution is 0.128. The minimum Gasteiger partial charge on any atom is -0.331 e. The topological polar surface area (TPSA) is 55.9 Å². The van der Waals surface area contributed by atoms with E-state index in [0.29, 0.717) is 26.2 Å². The summed E-state index contributed by atoms with van der Waals surface area (Å²) in [6, 6.07) is 7.67. The summed E-state index contributed by atoms with van der Waals surface area (Å²) in [6.45, 7) is 4.19. The summed E-state index contributed by atoms with van der Waals surface area (Å²) in [4.78, 5) is 29.4. The van der Waals surface area contributed by atoms with Gasteiger partial charge in [-0.3, -0.25) is 0 Å². The maximum absolute atomic E-state index is 12.4. The molecule has 7 heteroatoms. The first-order valence-corrected chi connectivity index (χ1v) is 8.45. The van der Waals surface area contributed by atoms with Crippen LogP contribution in [0.25, 0.3) is 0 Å². The number of carbonyl (C=O) groups excluding carboxylic acids is 2. The van der Waals surface area contributed by atoms with Gasteiger partial charge < -0.3 is 20.0 Å². The van der Waals surface area contributed by atoms with E-state index >= 15 is 0 Å². The normalized spacial score (nSPS) is 16.0. The molecule has 1 fully saturated rings. The molecule has 0 bridgehead atoms. The Bertz CT molecular complexity index is 571. The van der Waals surface area contributed by atoms with Crippen molar-refractivity contribution in [3.8, 4) is 0 Å². The van der Waals surface area contributed by atoms with Crippen LogP contribution < -0.4 is 5.32 Å². The number of hydrogen-bond acceptors (Lipinski definition) is 2. The van der Waals surface area contributed by atoms with Gasteiger partial charge in [0.15, 0.2) is 0 Å². The van der Waals surface area contributed by atoms with Crippen molar-refractivity contribution in [1.29, 1.82) is 0 Å². The van der Waals surface area contributed by atoms with Gasteiger partial charge in [-0.25, -0.2) is 9.59 Å². The van der Waals surface area contributed by atoms with E-state index in [-0.39, 0.29) is 18.1 Å². The minimum absolute atomic E-state index is 0.00774. The molecule has 0 saturated carbocycles. The maximum Gasteiger partial charge on any atom is 0.319 e. The van der Waals surface area contributed by atoms with Crippen LogP contribution in [0.4, 0.5) is 9.59 Å². The molecule has 1 unspecified atom stereocenters. The van der Waals surface area contributed by atoms with Gasteiger partial charge in [-0.15, -0.1) is 0 Å². The van der Waals surface area contributed by atoms with E-state index in [1.165, 1.54) is 0 Å². The number of rotatable bonds is 2. The Morgan fingerprint density at radius 2 is 1.70 bits per heavy atom. The van der Waals surface area contributed by atoms with E-state index in [9.17, 15) is 9.59 Å². The third-order valence-electron chi connectivity index (χ3n) is 3.93. The number of nitrogens with one attached hydrogen (secondary N) is 1. The molecule has 0 radical (unpaired) electrons. The smallest absolute Gasteiger partial charge is 0.319 e. The Labute approximate surface area is 145 Å². The standard InChI is InChI=1S/C16H23BrN4O2/c1-12(13-6-4-5-7-14(13)17)18-15(22)20-8-10-21(11-9-20)16(23)19(2)3/h4-7,12H,8-11H2,1-3H3,(H,18,22). The lowest BCUT2D eigenvalue weighted by Crippen LogP contribution is -2.55. The number of halogens is 1. The van der Waals surface area contributed by atoms with Crippen LogP contribution in [0, 0.1) is 0 Å². The third-order valence-corrected chi connectivity index (χ3v) is 4.65. The number of amides is 4. The van der Waals surface area contributed by atoms with Crippen molar-refractivity contribution < 1.29 is 9.59 Å². The molecule has 1 saturated heterocycles. The predicted molar refractivity (Wildman–Crippen MR) is 93.3 cm³/mol. The first-order valence-electron chi connectivity index (χ1n) is 7.66. The monoisotopic (exact) mass is 382 g/mol. The average Bonchev–Trinajstić information content (AvgIpc) is 2.54. The van der Waals surface area contributed by atoms with Gasteiger partial charge in [0, 0.05) is 44.7 Å². The second-order valence-corrected chi connectivity index (χ2v) is 6.70. The summed E-state index contributed by atoms with van der Waals surface area (Å²) in [6.07, 6.45) is 0. The van der Waals surface area contributed by atoms with Crippen LogP contribution >= 0.6 is 15.9 Å². The van der Waals surface area contributed by atoms with Crippen LogP contribution in [-0.2, 0) is 0 Å². The van der Waals surface area contributed by atoms with Gasteiger partial charge in [-0.05, 0) is 18.6 Å². The zero-order valence-corrected chi connectivity index (χ0v) is 15.3. The van der Waals surface area contributed by atoms with Crippen molar-refractivity contribution in [3.63, 3.8) is 0 Å². The van der Waals surface area contributed by atoms with E-state index < -0.39 is 0 Å². The molecule has 0 spiro atoms. The second-order valence-electron chi connectivity index (χ2n) is 5.84. The predicted octanol–water partition coefficient (Wildman–Crippen LogP) is 2.52. The second kappa shape index (κ2) is 7.68. The Morgan fingerprint density at radius 3 is 2.26 bits per heavy atom.